The molecule has 7 heteroatoms. The minimum atomic E-state index is -0.0917. The van der Waals surface area contributed by atoms with Crippen LogP contribution in [0.3, 0.4) is 0 Å². The first kappa shape index (κ1) is 23.1. The number of nitrogens with zero attached hydrogens (tertiary/aromatic N) is 3. The summed E-state index contributed by atoms with van der Waals surface area (Å²) in [5.74, 6) is 0. The molecule has 5 rings (SSSR count). The van der Waals surface area contributed by atoms with Crippen molar-refractivity contribution in [2.45, 2.75) is 32.9 Å². The molecule has 1 aliphatic heterocycles. The van der Waals surface area contributed by atoms with Crippen molar-refractivity contribution < 1.29 is 0 Å². The first-order valence-electron chi connectivity index (χ1n) is 11.1. The predicted octanol–water partition coefficient (Wildman–Crippen LogP) is 7.39. The molecule has 0 radical (unpaired) electrons. The highest BCUT2D eigenvalue weighted by Crippen LogP contribution is 2.44. The molecule has 1 fully saturated rings. The maximum absolute atomic E-state index is 6.33. The van der Waals surface area contributed by atoms with Crippen molar-refractivity contribution in [2.75, 3.05) is 4.90 Å². The largest absolute Gasteiger partial charge is 0.351 e. The van der Waals surface area contributed by atoms with Crippen molar-refractivity contribution in [3.05, 3.63) is 111 Å². The molecule has 0 unspecified atom stereocenters. The maximum Gasteiger partial charge on any atom is 0.174 e. The number of aromatic nitrogens is 2. The Morgan fingerprint density at radius 3 is 2.50 bits per heavy atom. The van der Waals surface area contributed by atoms with Crippen LogP contribution >= 0.6 is 39.7 Å². The fourth-order valence-corrected chi connectivity index (χ4v) is 5.60. The van der Waals surface area contributed by atoms with Crippen molar-refractivity contribution in [3.8, 4) is 5.69 Å². The molecule has 172 valence electrons. The highest BCUT2D eigenvalue weighted by Gasteiger charge is 2.42. The maximum atomic E-state index is 6.33. The minimum Gasteiger partial charge on any atom is -0.351 e. The summed E-state index contributed by atoms with van der Waals surface area (Å²) in [7, 11) is 0. The summed E-state index contributed by atoms with van der Waals surface area (Å²) in [4.78, 5) is 6.90. The smallest absolute Gasteiger partial charge is 0.174 e. The number of aryl methyl sites for hydroxylation is 2. The molecule has 0 spiro atoms. The van der Waals surface area contributed by atoms with E-state index in [2.05, 4.69) is 92.9 Å². The van der Waals surface area contributed by atoms with E-state index in [1.165, 1.54) is 5.56 Å². The zero-order valence-corrected chi connectivity index (χ0v) is 22.2. The van der Waals surface area contributed by atoms with Gasteiger partial charge in [0.2, 0.25) is 0 Å². The van der Waals surface area contributed by atoms with Crippen molar-refractivity contribution in [1.29, 1.82) is 0 Å². The van der Waals surface area contributed by atoms with Gasteiger partial charge in [-0.05, 0) is 98.7 Å². The summed E-state index contributed by atoms with van der Waals surface area (Å²) in [6.45, 7) is 6.38. The van der Waals surface area contributed by atoms with Crippen LogP contribution in [-0.4, -0.2) is 14.7 Å². The van der Waals surface area contributed by atoms with Gasteiger partial charge in [-0.25, -0.2) is 0 Å². The first-order valence-corrected chi connectivity index (χ1v) is 12.6. The number of anilines is 1. The van der Waals surface area contributed by atoms with Crippen LogP contribution in [0.2, 0.25) is 5.02 Å². The van der Waals surface area contributed by atoms with Gasteiger partial charge in [0.15, 0.2) is 5.11 Å². The molecule has 1 saturated heterocycles. The lowest BCUT2D eigenvalue weighted by atomic mass is 9.96. The summed E-state index contributed by atoms with van der Waals surface area (Å²) in [5, 5.41) is 4.97. The van der Waals surface area contributed by atoms with Crippen LogP contribution in [-0.2, 0) is 0 Å². The van der Waals surface area contributed by atoms with Crippen molar-refractivity contribution in [1.82, 2.24) is 14.9 Å². The molecule has 1 aliphatic rings. The molecule has 2 aromatic heterocycles. The summed E-state index contributed by atoms with van der Waals surface area (Å²) in [6, 6.07) is 22.4. The summed E-state index contributed by atoms with van der Waals surface area (Å²) < 4.78 is 3.33. The standard InChI is InChI=1S/C27H24BrClN4S/c1-16-13-21(10-11-23(16)28)33-26(25(31-27(33)34)24-9-4-5-12-30-24)22-14-17(2)32(18(22)3)20-8-6-7-19(29)15-20/h4-15,25-26H,1-3H3,(H,31,34)/t25-,26+/m0/s1. The molecule has 0 saturated carbocycles. The van der Waals surface area contributed by atoms with Gasteiger partial charge in [-0.1, -0.05) is 39.7 Å². The number of halogens is 2. The summed E-state index contributed by atoms with van der Waals surface area (Å²) >= 11 is 15.8. The molecular weight excluding hydrogens is 528 g/mol. The Hall–Kier alpha value is -2.67. The van der Waals surface area contributed by atoms with Gasteiger partial charge < -0.3 is 14.8 Å². The molecular formula is C27H24BrClN4S. The van der Waals surface area contributed by atoms with Gasteiger partial charge in [0.1, 0.15) is 0 Å². The highest BCUT2D eigenvalue weighted by molar-refractivity contribution is 9.10. The lowest BCUT2D eigenvalue weighted by Gasteiger charge is -2.28. The van der Waals surface area contributed by atoms with Crippen LogP contribution in [0, 0.1) is 20.8 Å². The second-order valence-corrected chi connectivity index (χ2v) is 10.2. The normalized spacial score (nSPS) is 17.8. The first-order chi connectivity index (χ1) is 16.3. The van der Waals surface area contributed by atoms with Crippen LogP contribution < -0.4 is 10.2 Å². The van der Waals surface area contributed by atoms with Gasteiger partial charge >= 0.3 is 0 Å². The van der Waals surface area contributed by atoms with Gasteiger partial charge in [-0.2, -0.15) is 0 Å². The Morgan fingerprint density at radius 2 is 1.79 bits per heavy atom. The molecule has 2 atom stereocenters. The van der Waals surface area contributed by atoms with E-state index in [9.17, 15) is 0 Å². The Kier molecular flexibility index (Phi) is 6.23. The fraction of sp³-hybridized carbons (Fsp3) is 0.185. The third kappa shape index (κ3) is 4.04. The van der Waals surface area contributed by atoms with Gasteiger partial charge in [0.05, 0.1) is 17.8 Å². The van der Waals surface area contributed by atoms with Crippen LogP contribution in [0.4, 0.5) is 5.69 Å². The zero-order valence-electron chi connectivity index (χ0n) is 19.1. The van der Waals surface area contributed by atoms with Gasteiger partial charge in [0.25, 0.3) is 0 Å². The quantitative estimate of drug-likeness (QED) is 0.268. The van der Waals surface area contributed by atoms with E-state index in [0.717, 1.165) is 38.5 Å². The Balaban J connectivity index is 1.69. The lowest BCUT2D eigenvalue weighted by molar-refractivity contribution is 0.565. The number of hydrogen-bond donors (Lipinski definition) is 1. The average molecular weight is 552 g/mol. The van der Waals surface area contributed by atoms with Crippen molar-refractivity contribution in [2.24, 2.45) is 0 Å². The molecule has 0 aliphatic carbocycles. The van der Waals surface area contributed by atoms with E-state index in [-0.39, 0.29) is 12.1 Å². The van der Waals surface area contributed by atoms with Gasteiger partial charge in [-0.15, -0.1) is 0 Å². The van der Waals surface area contributed by atoms with E-state index in [4.69, 9.17) is 23.8 Å². The van der Waals surface area contributed by atoms with Gasteiger partial charge in [-0.3, -0.25) is 4.98 Å². The Morgan fingerprint density at radius 1 is 0.971 bits per heavy atom. The molecule has 0 amide bonds. The minimum absolute atomic E-state index is 0.0675. The van der Waals surface area contributed by atoms with Crippen molar-refractivity contribution in [3.63, 3.8) is 0 Å². The molecule has 4 aromatic rings. The second-order valence-electron chi connectivity index (χ2n) is 8.57. The van der Waals surface area contributed by atoms with E-state index >= 15 is 0 Å². The molecule has 2 aromatic carbocycles. The monoisotopic (exact) mass is 550 g/mol. The summed E-state index contributed by atoms with van der Waals surface area (Å²) in [5.41, 5.74) is 7.69. The fourth-order valence-electron chi connectivity index (χ4n) is 4.83. The molecule has 34 heavy (non-hydrogen) atoms. The number of rotatable bonds is 4. The molecule has 3 heterocycles. The molecule has 0 bridgehead atoms. The Bertz CT molecular complexity index is 1380. The van der Waals surface area contributed by atoms with E-state index < -0.39 is 0 Å². The highest BCUT2D eigenvalue weighted by atomic mass is 79.9. The van der Waals surface area contributed by atoms with Crippen molar-refractivity contribution >= 4 is 50.5 Å². The van der Waals surface area contributed by atoms with E-state index in [0.29, 0.717) is 10.1 Å². The molecule has 1 N–H and O–H groups in total. The zero-order chi connectivity index (χ0) is 24.0. The SMILES string of the molecule is Cc1cc(N2C(=S)N[C@@H](c3ccccn3)[C@H]2c2cc(C)n(-c3cccc(Cl)c3)c2C)ccc1Br. The molecule has 4 nitrogen and oxygen atoms in total. The van der Waals surface area contributed by atoms with Crippen LogP contribution in [0.25, 0.3) is 5.69 Å². The number of thiocarbonyl (C=S) groups is 1. The van der Waals surface area contributed by atoms with Crippen LogP contribution in [0.5, 0.6) is 0 Å². The number of pyridine rings is 1. The van der Waals surface area contributed by atoms with Gasteiger partial charge in [0, 0.05) is 38.5 Å². The summed E-state index contributed by atoms with van der Waals surface area (Å²) in [6.07, 6.45) is 1.83. The third-order valence-corrected chi connectivity index (χ3v) is 7.81. The Labute approximate surface area is 218 Å². The average Bonchev–Trinajstić information content (AvgIpc) is 3.31. The van der Waals surface area contributed by atoms with E-state index in [1.54, 1.807) is 0 Å². The van der Waals surface area contributed by atoms with Crippen LogP contribution in [0.1, 0.15) is 40.3 Å². The second kappa shape index (κ2) is 9.17. The number of nitrogens with one attached hydrogen (secondary N) is 1. The van der Waals surface area contributed by atoms with E-state index in [1.807, 2.05) is 36.5 Å². The number of benzene rings is 2. The topological polar surface area (TPSA) is 33.1 Å². The third-order valence-electron chi connectivity index (χ3n) is 6.37. The van der Waals surface area contributed by atoms with Crippen LogP contribution in [0.15, 0.2) is 77.4 Å². The predicted molar refractivity (Wildman–Crippen MR) is 147 cm³/mol. The lowest BCUT2D eigenvalue weighted by Crippen LogP contribution is -2.29. The number of hydrogen-bond acceptors (Lipinski definition) is 2.